The lowest BCUT2D eigenvalue weighted by Gasteiger charge is -2.26. The Kier molecular flexibility index (Phi) is 7.23. The van der Waals surface area contributed by atoms with Gasteiger partial charge in [0, 0.05) is 6.42 Å². The second-order valence-electron chi connectivity index (χ2n) is 6.43. The molecule has 0 aromatic heterocycles. The van der Waals surface area contributed by atoms with Crippen molar-refractivity contribution >= 4 is 33.5 Å². The van der Waals surface area contributed by atoms with Gasteiger partial charge in [0.25, 0.3) is 0 Å². The van der Waals surface area contributed by atoms with Crippen LogP contribution in [0.2, 0.25) is 0 Å². The fourth-order valence-corrected chi connectivity index (χ4v) is 2.82. The van der Waals surface area contributed by atoms with Crippen LogP contribution in [-0.2, 0) is 26.2 Å². The Hall–Kier alpha value is -1.60. The van der Waals surface area contributed by atoms with Gasteiger partial charge in [0.05, 0.1) is 23.3 Å². The van der Waals surface area contributed by atoms with Crippen molar-refractivity contribution in [1.82, 2.24) is 0 Å². The Bertz CT molecular complexity index is 624. The number of phenolic OH excluding ortho intramolecular Hbond substituents is 1. The minimum atomic E-state index is -0.347. The van der Waals surface area contributed by atoms with E-state index < -0.39 is 0 Å². The van der Waals surface area contributed by atoms with Crippen LogP contribution >= 0.6 is 15.9 Å². The second-order valence-corrected chi connectivity index (χ2v) is 7.22. The number of aromatic hydroxyl groups is 1. The van der Waals surface area contributed by atoms with E-state index in [1.807, 2.05) is 26.8 Å². The number of amides is 1. The topological polar surface area (TPSA) is 102 Å². The predicted molar refractivity (Wildman–Crippen MR) is 97.1 cm³/mol. The highest BCUT2D eigenvalue weighted by molar-refractivity contribution is 9.10. The van der Waals surface area contributed by atoms with E-state index in [2.05, 4.69) is 21.2 Å². The SMILES string of the molecule is CCOC(=O)CCc1cc(C(C)(C)C)c(NC(=O)CN)c(Br)c1O. The van der Waals surface area contributed by atoms with Crippen molar-refractivity contribution in [3.63, 3.8) is 0 Å². The normalized spacial score (nSPS) is 11.2. The largest absolute Gasteiger partial charge is 0.506 e. The van der Waals surface area contributed by atoms with E-state index in [0.717, 1.165) is 5.56 Å². The number of ether oxygens (including phenoxy) is 1. The number of rotatable bonds is 6. The smallest absolute Gasteiger partial charge is 0.306 e. The van der Waals surface area contributed by atoms with Gasteiger partial charge in [-0.15, -0.1) is 0 Å². The number of aryl methyl sites for hydroxylation is 1. The minimum Gasteiger partial charge on any atom is -0.506 e. The van der Waals surface area contributed by atoms with Crippen molar-refractivity contribution in [2.45, 2.75) is 46.0 Å². The van der Waals surface area contributed by atoms with Gasteiger partial charge in [-0.05, 0) is 51.9 Å². The quantitative estimate of drug-likeness (QED) is 0.637. The summed E-state index contributed by atoms with van der Waals surface area (Å²) in [6.45, 7) is 7.92. The number of hydrogen-bond acceptors (Lipinski definition) is 5. The maximum atomic E-state index is 11.7. The van der Waals surface area contributed by atoms with Gasteiger partial charge in [-0.25, -0.2) is 0 Å². The summed E-state index contributed by atoms with van der Waals surface area (Å²) in [4.78, 5) is 23.3. The molecule has 0 saturated heterocycles. The summed E-state index contributed by atoms with van der Waals surface area (Å²) in [5.74, 6) is -0.662. The fourth-order valence-electron chi connectivity index (χ4n) is 2.26. The number of anilines is 1. The average Bonchev–Trinajstić information content (AvgIpc) is 2.50. The monoisotopic (exact) mass is 400 g/mol. The number of benzene rings is 1. The zero-order valence-electron chi connectivity index (χ0n) is 14.5. The molecule has 1 aromatic carbocycles. The zero-order chi connectivity index (χ0) is 18.5. The summed E-state index contributed by atoms with van der Waals surface area (Å²) >= 11 is 3.35. The fraction of sp³-hybridized carbons (Fsp3) is 0.529. The van der Waals surface area contributed by atoms with E-state index in [9.17, 15) is 14.7 Å². The summed E-state index contributed by atoms with van der Waals surface area (Å²) in [6, 6.07) is 1.81. The number of carbonyl (C=O) groups is 2. The van der Waals surface area contributed by atoms with Crippen LogP contribution in [0.4, 0.5) is 5.69 Å². The highest BCUT2D eigenvalue weighted by atomic mass is 79.9. The molecule has 0 saturated carbocycles. The molecular formula is C17H25BrN2O4. The van der Waals surface area contributed by atoms with Gasteiger partial charge in [0.15, 0.2) is 0 Å². The van der Waals surface area contributed by atoms with Crippen LogP contribution in [0.25, 0.3) is 0 Å². The third kappa shape index (κ3) is 5.21. The summed E-state index contributed by atoms with van der Waals surface area (Å²) < 4.78 is 5.30. The number of hydrogen-bond donors (Lipinski definition) is 3. The van der Waals surface area contributed by atoms with Crippen molar-refractivity contribution in [1.29, 1.82) is 0 Å². The van der Waals surface area contributed by atoms with Gasteiger partial charge < -0.3 is 20.9 Å². The number of nitrogens with two attached hydrogens (primary N) is 1. The lowest BCUT2D eigenvalue weighted by atomic mass is 9.84. The van der Waals surface area contributed by atoms with Crippen LogP contribution in [-0.4, -0.2) is 30.1 Å². The number of esters is 1. The van der Waals surface area contributed by atoms with Crippen LogP contribution in [0.15, 0.2) is 10.5 Å². The molecule has 1 aromatic rings. The molecule has 0 unspecified atom stereocenters. The molecule has 134 valence electrons. The maximum absolute atomic E-state index is 11.7. The highest BCUT2D eigenvalue weighted by Crippen LogP contribution is 2.42. The van der Waals surface area contributed by atoms with Crippen molar-refractivity contribution in [2.24, 2.45) is 5.73 Å². The van der Waals surface area contributed by atoms with E-state index in [1.54, 1.807) is 6.92 Å². The second kappa shape index (κ2) is 8.48. The first kappa shape index (κ1) is 20.4. The van der Waals surface area contributed by atoms with Gasteiger partial charge in [-0.3, -0.25) is 9.59 Å². The third-order valence-corrected chi connectivity index (χ3v) is 4.25. The molecule has 24 heavy (non-hydrogen) atoms. The maximum Gasteiger partial charge on any atom is 0.306 e. The standard InChI is InChI=1S/C17H25BrN2O4/c1-5-24-13(22)7-6-10-8-11(17(2,3)4)15(14(18)16(10)23)20-12(21)9-19/h8,23H,5-7,9,19H2,1-4H3,(H,20,21). The van der Waals surface area contributed by atoms with E-state index in [1.165, 1.54) is 0 Å². The van der Waals surface area contributed by atoms with Crippen molar-refractivity contribution < 1.29 is 19.4 Å². The Balaban J connectivity index is 3.27. The molecule has 0 aliphatic heterocycles. The third-order valence-electron chi connectivity index (χ3n) is 3.48. The first-order valence-corrected chi connectivity index (χ1v) is 8.61. The predicted octanol–water partition coefficient (Wildman–Crippen LogP) is 2.85. The first-order chi connectivity index (χ1) is 11.1. The average molecular weight is 401 g/mol. The molecule has 4 N–H and O–H groups in total. The van der Waals surface area contributed by atoms with Gasteiger partial charge in [0.1, 0.15) is 5.75 Å². The van der Waals surface area contributed by atoms with Crippen LogP contribution in [0.5, 0.6) is 5.75 Å². The van der Waals surface area contributed by atoms with Crippen LogP contribution in [0, 0.1) is 0 Å². The number of phenols is 1. The number of carbonyl (C=O) groups excluding carboxylic acids is 2. The molecule has 1 amide bonds. The first-order valence-electron chi connectivity index (χ1n) is 7.82. The van der Waals surface area contributed by atoms with E-state index in [-0.39, 0.29) is 36.0 Å². The van der Waals surface area contributed by atoms with Crippen LogP contribution < -0.4 is 11.1 Å². The highest BCUT2D eigenvalue weighted by Gasteiger charge is 2.25. The molecule has 0 radical (unpaired) electrons. The lowest BCUT2D eigenvalue weighted by Crippen LogP contribution is -2.25. The van der Waals surface area contributed by atoms with Crippen LogP contribution in [0.1, 0.15) is 45.2 Å². The molecule has 0 aliphatic carbocycles. The lowest BCUT2D eigenvalue weighted by molar-refractivity contribution is -0.143. The van der Waals surface area contributed by atoms with E-state index >= 15 is 0 Å². The Morgan fingerprint density at radius 1 is 1.38 bits per heavy atom. The Morgan fingerprint density at radius 3 is 2.50 bits per heavy atom. The summed E-state index contributed by atoms with van der Waals surface area (Å²) in [5, 5.41) is 13.1. The van der Waals surface area contributed by atoms with Gasteiger partial charge >= 0.3 is 5.97 Å². The number of halogens is 1. The Morgan fingerprint density at radius 2 is 2.00 bits per heavy atom. The summed E-state index contributed by atoms with van der Waals surface area (Å²) in [6.07, 6.45) is 0.517. The molecule has 0 atom stereocenters. The molecule has 1 rings (SSSR count). The molecular weight excluding hydrogens is 376 g/mol. The van der Waals surface area contributed by atoms with Crippen molar-refractivity contribution in [2.75, 3.05) is 18.5 Å². The van der Waals surface area contributed by atoms with Gasteiger partial charge in [-0.1, -0.05) is 20.8 Å². The Labute approximate surface area is 150 Å². The summed E-state index contributed by atoms with van der Waals surface area (Å²) in [5.41, 5.74) is 7.03. The van der Waals surface area contributed by atoms with Gasteiger partial charge in [0.2, 0.25) is 5.91 Å². The van der Waals surface area contributed by atoms with E-state index in [0.29, 0.717) is 28.8 Å². The molecule has 0 aliphatic rings. The summed E-state index contributed by atoms with van der Waals surface area (Å²) in [7, 11) is 0. The zero-order valence-corrected chi connectivity index (χ0v) is 16.1. The molecule has 6 nitrogen and oxygen atoms in total. The van der Waals surface area contributed by atoms with Crippen LogP contribution in [0.3, 0.4) is 0 Å². The van der Waals surface area contributed by atoms with Gasteiger partial charge in [-0.2, -0.15) is 0 Å². The molecule has 0 spiro atoms. The van der Waals surface area contributed by atoms with Crippen molar-refractivity contribution in [3.05, 3.63) is 21.7 Å². The molecule has 0 heterocycles. The molecule has 7 heteroatoms. The minimum absolute atomic E-state index is 0.000352. The molecule has 0 fully saturated rings. The van der Waals surface area contributed by atoms with E-state index in [4.69, 9.17) is 10.5 Å². The van der Waals surface area contributed by atoms with Crippen molar-refractivity contribution in [3.8, 4) is 5.75 Å². The number of nitrogens with one attached hydrogen (secondary N) is 1. The molecule has 0 bridgehead atoms.